The molecule has 0 amide bonds. The Balaban J connectivity index is 2.57. The number of carbonyl (C=O) groups is 2. The average molecular weight is 217 g/mol. The van der Waals surface area contributed by atoms with E-state index in [0.29, 0.717) is 12.3 Å². The fourth-order valence-corrected chi connectivity index (χ4v) is 1.13. The molecule has 0 bridgehead atoms. The molecule has 0 spiro atoms. The maximum absolute atomic E-state index is 12.2. The van der Waals surface area contributed by atoms with Gasteiger partial charge in [0.15, 0.2) is 5.69 Å². The molecule has 1 aliphatic heterocycles. The third kappa shape index (κ3) is 1.45. The number of nitrogens with zero attached hydrogens (tertiary/aromatic N) is 1. The molecule has 78 valence electrons. The molecule has 1 aliphatic rings. The highest BCUT2D eigenvalue weighted by Crippen LogP contribution is 2.31. The number of rotatable bonds is 0. The lowest BCUT2D eigenvalue weighted by atomic mass is 10.1. The Labute approximate surface area is 80.7 Å². The lowest BCUT2D eigenvalue weighted by molar-refractivity contribution is -0.137. The number of hydrogen-bond acceptors (Lipinski definition) is 4. The predicted octanol–water partition coefficient (Wildman–Crippen LogP) is 1.41. The molecule has 1 aromatic heterocycles. The number of fused-ring (bicyclic) bond motifs is 1. The number of ether oxygens (including phenoxy) is 1. The quantitative estimate of drug-likeness (QED) is 0.487. The van der Waals surface area contributed by atoms with Crippen molar-refractivity contribution in [3.8, 4) is 0 Å². The highest BCUT2D eigenvalue weighted by Gasteiger charge is 2.37. The number of esters is 2. The third-order valence-corrected chi connectivity index (χ3v) is 1.81. The monoisotopic (exact) mass is 217 g/mol. The van der Waals surface area contributed by atoms with Gasteiger partial charge in [-0.05, 0) is 6.07 Å². The van der Waals surface area contributed by atoms with Crippen LogP contribution in [0.25, 0.3) is 0 Å². The van der Waals surface area contributed by atoms with Crippen LogP contribution in [0.1, 0.15) is 26.4 Å². The Kier molecular flexibility index (Phi) is 1.79. The van der Waals surface area contributed by atoms with Crippen LogP contribution in [0.3, 0.4) is 0 Å². The van der Waals surface area contributed by atoms with Gasteiger partial charge in [-0.3, -0.25) is 0 Å². The number of alkyl halides is 3. The van der Waals surface area contributed by atoms with E-state index >= 15 is 0 Å². The number of carbonyl (C=O) groups excluding carboxylic acids is 2. The molecular formula is C8H2F3NO3. The number of pyridine rings is 1. The molecule has 0 aliphatic carbocycles. The molecule has 0 atom stereocenters. The fourth-order valence-electron chi connectivity index (χ4n) is 1.13. The van der Waals surface area contributed by atoms with Gasteiger partial charge in [-0.2, -0.15) is 13.2 Å². The van der Waals surface area contributed by atoms with E-state index in [9.17, 15) is 22.8 Å². The Morgan fingerprint density at radius 1 is 1.20 bits per heavy atom. The summed E-state index contributed by atoms with van der Waals surface area (Å²) in [6, 6.07) is 0.551. The van der Waals surface area contributed by atoms with E-state index in [1.54, 1.807) is 0 Å². The number of cyclic esters (lactones) is 2. The van der Waals surface area contributed by atoms with Gasteiger partial charge < -0.3 is 4.74 Å². The minimum Gasteiger partial charge on any atom is -0.384 e. The van der Waals surface area contributed by atoms with Crippen molar-refractivity contribution in [2.45, 2.75) is 6.18 Å². The van der Waals surface area contributed by atoms with E-state index in [-0.39, 0.29) is 5.69 Å². The number of aromatic nitrogens is 1. The Hall–Kier alpha value is -1.92. The molecule has 15 heavy (non-hydrogen) atoms. The summed E-state index contributed by atoms with van der Waals surface area (Å²) in [5.74, 6) is -2.13. The summed E-state index contributed by atoms with van der Waals surface area (Å²) < 4.78 is 40.7. The summed E-state index contributed by atoms with van der Waals surface area (Å²) >= 11 is 0. The first-order valence-corrected chi connectivity index (χ1v) is 3.73. The summed E-state index contributed by atoms with van der Waals surface area (Å²) in [4.78, 5) is 25.0. The van der Waals surface area contributed by atoms with Crippen LogP contribution in [0.4, 0.5) is 13.2 Å². The second-order valence-corrected chi connectivity index (χ2v) is 2.79. The maximum atomic E-state index is 12.2. The van der Waals surface area contributed by atoms with Crippen molar-refractivity contribution in [2.24, 2.45) is 0 Å². The minimum absolute atomic E-state index is 0.381. The van der Waals surface area contributed by atoms with Gasteiger partial charge in [-0.25, -0.2) is 14.6 Å². The topological polar surface area (TPSA) is 56.3 Å². The molecule has 7 heteroatoms. The second-order valence-electron chi connectivity index (χ2n) is 2.79. The van der Waals surface area contributed by atoms with Crippen LogP contribution >= 0.6 is 0 Å². The normalized spacial score (nSPS) is 15.1. The van der Waals surface area contributed by atoms with Crippen molar-refractivity contribution < 1.29 is 27.5 Å². The van der Waals surface area contributed by atoms with Crippen LogP contribution < -0.4 is 0 Å². The molecule has 1 aromatic rings. The van der Waals surface area contributed by atoms with E-state index in [4.69, 9.17) is 0 Å². The van der Waals surface area contributed by atoms with Gasteiger partial charge in [0.2, 0.25) is 0 Å². The van der Waals surface area contributed by atoms with Crippen molar-refractivity contribution in [3.05, 3.63) is 29.1 Å². The van der Waals surface area contributed by atoms with Crippen molar-refractivity contribution >= 4 is 11.9 Å². The van der Waals surface area contributed by atoms with Gasteiger partial charge in [-0.1, -0.05) is 0 Å². The summed E-state index contributed by atoms with van der Waals surface area (Å²) in [7, 11) is 0. The van der Waals surface area contributed by atoms with Crippen LogP contribution in [0.15, 0.2) is 12.3 Å². The lowest BCUT2D eigenvalue weighted by Gasteiger charge is -2.05. The van der Waals surface area contributed by atoms with Gasteiger partial charge in [0, 0.05) is 6.20 Å². The highest BCUT2D eigenvalue weighted by atomic mass is 19.4. The maximum Gasteiger partial charge on any atom is 0.417 e. The van der Waals surface area contributed by atoms with E-state index in [0.717, 1.165) is 0 Å². The Morgan fingerprint density at radius 2 is 1.87 bits per heavy atom. The van der Waals surface area contributed by atoms with Crippen molar-refractivity contribution in [3.63, 3.8) is 0 Å². The first-order chi connectivity index (χ1) is 6.89. The van der Waals surface area contributed by atoms with Gasteiger partial charge in [0.05, 0.1) is 11.1 Å². The average Bonchev–Trinajstić information content (AvgIpc) is 2.41. The van der Waals surface area contributed by atoms with E-state index < -0.39 is 29.2 Å². The summed E-state index contributed by atoms with van der Waals surface area (Å²) in [6.07, 6.45) is -4.12. The second kappa shape index (κ2) is 2.78. The van der Waals surface area contributed by atoms with E-state index in [1.165, 1.54) is 0 Å². The zero-order valence-electron chi connectivity index (χ0n) is 6.96. The van der Waals surface area contributed by atoms with Crippen LogP contribution in [-0.4, -0.2) is 16.9 Å². The van der Waals surface area contributed by atoms with E-state index in [2.05, 4.69) is 9.72 Å². The first kappa shape index (κ1) is 9.63. The minimum atomic E-state index is -4.60. The molecule has 0 N–H and O–H groups in total. The molecule has 0 saturated heterocycles. The lowest BCUT2D eigenvalue weighted by Crippen LogP contribution is -2.08. The highest BCUT2D eigenvalue weighted by molar-refractivity contribution is 6.13. The smallest absolute Gasteiger partial charge is 0.384 e. The van der Waals surface area contributed by atoms with Crippen LogP contribution in [-0.2, 0) is 10.9 Å². The van der Waals surface area contributed by atoms with Gasteiger partial charge in [0.25, 0.3) is 0 Å². The largest absolute Gasteiger partial charge is 0.417 e. The van der Waals surface area contributed by atoms with Gasteiger partial charge in [0.1, 0.15) is 0 Å². The Bertz CT molecular complexity index is 467. The first-order valence-electron chi connectivity index (χ1n) is 3.73. The van der Waals surface area contributed by atoms with Gasteiger partial charge >= 0.3 is 18.1 Å². The van der Waals surface area contributed by atoms with Crippen LogP contribution in [0.2, 0.25) is 0 Å². The standard InChI is InChI=1S/C8H2F3NO3/c9-8(10,11)3-1-4-5(12-2-3)7(14)15-6(4)13/h1-2H. The molecule has 0 radical (unpaired) electrons. The van der Waals surface area contributed by atoms with Crippen LogP contribution in [0.5, 0.6) is 0 Å². The van der Waals surface area contributed by atoms with Gasteiger partial charge in [-0.15, -0.1) is 0 Å². The SMILES string of the molecule is O=C1OC(=O)c2ncc(C(F)(F)F)cc21. The Morgan fingerprint density at radius 3 is 2.47 bits per heavy atom. The van der Waals surface area contributed by atoms with E-state index in [1.807, 2.05) is 0 Å². The number of halogens is 3. The molecule has 0 fully saturated rings. The summed E-state index contributed by atoms with van der Waals surface area (Å²) in [5.41, 5.74) is -1.92. The zero-order valence-corrected chi connectivity index (χ0v) is 6.96. The molecule has 2 heterocycles. The predicted molar refractivity (Wildman–Crippen MR) is 39.0 cm³/mol. The fraction of sp³-hybridized carbons (Fsp3) is 0.125. The van der Waals surface area contributed by atoms with Crippen molar-refractivity contribution in [1.82, 2.24) is 4.98 Å². The molecule has 0 saturated carbocycles. The van der Waals surface area contributed by atoms with Crippen molar-refractivity contribution in [1.29, 1.82) is 0 Å². The third-order valence-electron chi connectivity index (χ3n) is 1.81. The number of hydrogen-bond donors (Lipinski definition) is 0. The van der Waals surface area contributed by atoms with Crippen molar-refractivity contribution in [2.75, 3.05) is 0 Å². The molecule has 0 aromatic carbocycles. The zero-order chi connectivity index (χ0) is 11.2. The molecular weight excluding hydrogens is 215 g/mol. The van der Waals surface area contributed by atoms with Crippen LogP contribution in [0, 0.1) is 0 Å². The molecule has 0 unspecified atom stereocenters. The summed E-state index contributed by atoms with van der Waals surface area (Å²) in [6.45, 7) is 0. The molecule has 4 nitrogen and oxygen atoms in total. The molecule has 2 rings (SSSR count). The summed E-state index contributed by atoms with van der Waals surface area (Å²) in [5, 5.41) is 0.